The van der Waals surface area contributed by atoms with Gasteiger partial charge in [-0.05, 0) is 75.8 Å². The lowest BCUT2D eigenvalue weighted by atomic mass is 9.95. The molecule has 3 heterocycles. The van der Waals surface area contributed by atoms with Crippen molar-refractivity contribution in [2.75, 3.05) is 0 Å². The van der Waals surface area contributed by atoms with Crippen LogP contribution in [0.2, 0.25) is 0 Å². The molecule has 0 unspecified atom stereocenters. The van der Waals surface area contributed by atoms with E-state index in [1.54, 1.807) is 11.3 Å². The molecule has 0 atom stereocenters. The molecule has 0 aliphatic heterocycles. The standard InChI is InChI=1S/C52H33N3S/c1-4-15-34(16-5-1)36-19-13-22-40(32-36)49-51-50(54-52(53-49)35-17-6-2-7-18-35)44-30-29-38(33-47(44)56-51)37-20-12-21-39(31-37)42-26-14-28-46-48(42)43-25-10-11-27-45(43)55(46)41-23-8-3-9-24-41/h1-33H. The van der Waals surface area contributed by atoms with Gasteiger partial charge in [0.2, 0.25) is 0 Å². The third kappa shape index (κ3) is 5.42. The Labute approximate surface area is 328 Å². The molecule has 0 aliphatic carbocycles. The van der Waals surface area contributed by atoms with Crippen molar-refractivity contribution in [1.29, 1.82) is 0 Å². The summed E-state index contributed by atoms with van der Waals surface area (Å²) >= 11 is 1.77. The van der Waals surface area contributed by atoms with Crippen molar-refractivity contribution in [3.63, 3.8) is 0 Å². The average molecular weight is 732 g/mol. The second-order valence-electron chi connectivity index (χ2n) is 14.2. The van der Waals surface area contributed by atoms with Crippen LogP contribution in [0.4, 0.5) is 0 Å². The number of aromatic nitrogens is 3. The maximum Gasteiger partial charge on any atom is 0.160 e. The maximum atomic E-state index is 5.26. The van der Waals surface area contributed by atoms with Crippen molar-refractivity contribution in [3.05, 3.63) is 200 Å². The fraction of sp³-hybridized carbons (Fsp3) is 0. The van der Waals surface area contributed by atoms with Crippen LogP contribution in [0, 0.1) is 0 Å². The molecule has 8 aromatic carbocycles. The van der Waals surface area contributed by atoms with Gasteiger partial charge >= 0.3 is 0 Å². The molecule has 0 aliphatic rings. The third-order valence-electron chi connectivity index (χ3n) is 10.8. The van der Waals surface area contributed by atoms with E-state index in [-0.39, 0.29) is 0 Å². The monoisotopic (exact) mass is 731 g/mol. The summed E-state index contributed by atoms with van der Waals surface area (Å²) in [7, 11) is 0. The van der Waals surface area contributed by atoms with Crippen LogP contribution in [0.25, 0.3) is 104 Å². The number of para-hydroxylation sites is 2. The Kier molecular flexibility index (Phi) is 7.68. The Hall–Kier alpha value is -7.14. The van der Waals surface area contributed by atoms with E-state index in [1.807, 2.05) is 18.2 Å². The van der Waals surface area contributed by atoms with E-state index < -0.39 is 0 Å². The summed E-state index contributed by atoms with van der Waals surface area (Å²) in [6, 6.07) is 71.5. The minimum absolute atomic E-state index is 0.734. The highest BCUT2D eigenvalue weighted by atomic mass is 32.1. The first-order chi connectivity index (χ1) is 27.8. The molecule has 0 N–H and O–H groups in total. The fourth-order valence-electron chi connectivity index (χ4n) is 8.19. The van der Waals surface area contributed by atoms with Gasteiger partial charge in [-0.2, -0.15) is 0 Å². The molecule has 0 saturated heterocycles. The van der Waals surface area contributed by atoms with Crippen molar-refractivity contribution in [1.82, 2.24) is 14.5 Å². The molecule has 0 bridgehead atoms. The Bertz CT molecular complexity index is 3240. The molecule has 262 valence electrons. The molecule has 4 heteroatoms. The van der Waals surface area contributed by atoms with Gasteiger partial charge in [-0.1, -0.05) is 158 Å². The van der Waals surface area contributed by atoms with E-state index in [2.05, 4.69) is 187 Å². The van der Waals surface area contributed by atoms with Crippen LogP contribution in [0.3, 0.4) is 0 Å². The predicted octanol–water partition coefficient (Wildman–Crippen LogP) is 14.3. The van der Waals surface area contributed by atoms with Crippen LogP contribution in [-0.2, 0) is 0 Å². The van der Waals surface area contributed by atoms with Crippen molar-refractivity contribution in [2.45, 2.75) is 0 Å². The van der Waals surface area contributed by atoms with Gasteiger partial charge in [0.25, 0.3) is 0 Å². The van der Waals surface area contributed by atoms with Crippen LogP contribution in [0.1, 0.15) is 0 Å². The van der Waals surface area contributed by atoms with Crippen LogP contribution in [0.15, 0.2) is 200 Å². The van der Waals surface area contributed by atoms with Gasteiger partial charge in [-0.15, -0.1) is 11.3 Å². The number of nitrogens with zero attached hydrogens (tertiary/aromatic N) is 3. The smallest absolute Gasteiger partial charge is 0.160 e. The predicted molar refractivity (Wildman–Crippen MR) is 236 cm³/mol. The van der Waals surface area contributed by atoms with Gasteiger partial charge in [-0.25, -0.2) is 9.97 Å². The lowest BCUT2D eigenvalue weighted by molar-refractivity contribution is 1.18. The number of thiophene rings is 1. The van der Waals surface area contributed by atoms with E-state index in [9.17, 15) is 0 Å². The number of benzene rings is 8. The maximum absolute atomic E-state index is 5.26. The number of fused-ring (bicyclic) bond motifs is 6. The van der Waals surface area contributed by atoms with Gasteiger partial charge in [-0.3, -0.25) is 0 Å². The number of hydrogen-bond acceptors (Lipinski definition) is 3. The lowest BCUT2D eigenvalue weighted by Crippen LogP contribution is -1.93. The average Bonchev–Trinajstić information content (AvgIpc) is 3.82. The van der Waals surface area contributed by atoms with Crippen LogP contribution in [-0.4, -0.2) is 14.5 Å². The van der Waals surface area contributed by atoms with E-state index >= 15 is 0 Å². The third-order valence-corrected chi connectivity index (χ3v) is 12.0. The largest absolute Gasteiger partial charge is 0.309 e. The second-order valence-corrected chi connectivity index (χ2v) is 15.2. The Morgan fingerprint density at radius 1 is 0.393 bits per heavy atom. The molecule has 0 saturated carbocycles. The topological polar surface area (TPSA) is 30.7 Å². The summed E-state index contributed by atoms with van der Waals surface area (Å²) in [5.41, 5.74) is 14.7. The fourth-order valence-corrected chi connectivity index (χ4v) is 9.38. The van der Waals surface area contributed by atoms with Crippen molar-refractivity contribution >= 4 is 53.4 Å². The van der Waals surface area contributed by atoms with E-state index in [0.29, 0.717) is 0 Å². The van der Waals surface area contributed by atoms with Crippen molar-refractivity contribution in [2.24, 2.45) is 0 Å². The van der Waals surface area contributed by atoms with E-state index in [4.69, 9.17) is 9.97 Å². The normalized spacial score (nSPS) is 11.6. The molecule has 0 spiro atoms. The molecule has 3 nitrogen and oxygen atoms in total. The molecule has 0 amide bonds. The molecule has 0 fully saturated rings. The minimum atomic E-state index is 0.734. The summed E-state index contributed by atoms with van der Waals surface area (Å²) in [5, 5.41) is 3.66. The first-order valence-corrected chi connectivity index (χ1v) is 19.7. The summed E-state index contributed by atoms with van der Waals surface area (Å²) in [6.45, 7) is 0. The highest BCUT2D eigenvalue weighted by Crippen LogP contribution is 2.43. The first-order valence-electron chi connectivity index (χ1n) is 18.9. The second kappa shape index (κ2) is 13.3. The zero-order valence-electron chi connectivity index (χ0n) is 30.3. The van der Waals surface area contributed by atoms with Crippen LogP contribution < -0.4 is 0 Å². The van der Waals surface area contributed by atoms with Crippen LogP contribution >= 0.6 is 11.3 Å². The van der Waals surface area contributed by atoms with Gasteiger partial charge in [0, 0.05) is 37.7 Å². The van der Waals surface area contributed by atoms with Crippen LogP contribution in [0.5, 0.6) is 0 Å². The van der Waals surface area contributed by atoms with E-state index in [1.165, 1.54) is 59.9 Å². The summed E-state index contributed by atoms with van der Waals surface area (Å²) in [4.78, 5) is 10.5. The zero-order chi connectivity index (χ0) is 37.0. The van der Waals surface area contributed by atoms with E-state index in [0.717, 1.165) is 43.9 Å². The molecule has 11 rings (SSSR count). The van der Waals surface area contributed by atoms with Gasteiger partial charge < -0.3 is 4.57 Å². The summed E-state index contributed by atoms with van der Waals surface area (Å²) < 4.78 is 4.67. The van der Waals surface area contributed by atoms with Gasteiger partial charge in [0.1, 0.15) is 0 Å². The molecular weight excluding hydrogens is 699 g/mol. The molecule has 3 aromatic heterocycles. The Morgan fingerprint density at radius 2 is 0.982 bits per heavy atom. The highest BCUT2D eigenvalue weighted by molar-refractivity contribution is 7.26. The number of rotatable bonds is 6. The van der Waals surface area contributed by atoms with Crippen molar-refractivity contribution in [3.8, 4) is 61.7 Å². The molecule has 0 radical (unpaired) electrons. The van der Waals surface area contributed by atoms with Gasteiger partial charge in [0.05, 0.1) is 26.9 Å². The summed E-state index contributed by atoms with van der Waals surface area (Å²) in [5.74, 6) is 0.734. The first kappa shape index (κ1) is 32.3. The SMILES string of the molecule is c1ccc(-c2cccc(-c3nc(-c4ccccc4)nc4c3sc3cc(-c5cccc(-c6cccc7c6c6ccccc6n7-c6ccccc6)c5)ccc34)c2)cc1. The zero-order valence-corrected chi connectivity index (χ0v) is 31.1. The highest BCUT2D eigenvalue weighted by Gasteiger charge is 2.19. The van der Waals surface area contributed by atoms with Crippen molar-refractivity contribution < 1.29 is 0 Å². The Morgan fingerprint density at radius 3 is 1.79 bits per heavy atom. The molecular formula is C52H33N3S. The minimum Gasteiger partial charge on any atom is -0.309 e. The molecule has 11 aromatic rings. The molecule has 56 heavy (non-hydrogen) atoms. The Balaban J connectivity index is 1.06. The quantitative estimate of drug-likeness (QED) is 0.170. The lowest BCUT2D eigenvalue weighted by Gasteiger charge is -2.10. The number of hydrogen-bond donors (Lipinski definition) is 0. The summed E-state index contributed by atoms with van der Waals surface area (Å²) in [6.07, 6.45) is 0. The van der Waals surface area contributed by atoms with Gasteiger partial charge in [0.15, 0.2) is 5.82 Å².